The third-order valence-electron chi connectivity index (χ3n) is 9.26. The van der Waals surface area contributed by atoms with Crippen molar-refractivity contribution in [2.45, 2.75) is 75.7 Å². The summed E-state index contributed by atoms with van der Waals surface area (Å²) in [6.45, 7) is 2.15. The second-order valence-corrected chi connectivity index (χ2v) is 12.1. The van der Waals surface area contributed by atoms with Crippen LogP contribution in [0.2, 0.25) is 0 Å². The Morgan fingerprint density at radius 1 is 1.14 bits per heavy atom. The van der Waals surface area contributed by atoms with Crippen LogP contribution >= 0.6 is 0 Å². The van der Waals surface area contributed by atoms with Crippen molar-refractivity contribution in [1.29, 1.82) is 0 Å². The summed E-state index contributed by atoms with van der Waals surface area (Å²) in [4.78, 5) is 32.4. The molecule has 0 bridgehead atoms. The molecule has 0 spiro atoms. The lowest BCUT2D eigenvalue weighted by atomic mass is 9.67. The molecule has 5 rings (SSSR count). The summed E-state index contributed by atoms with van der Waals surface area (Å²) < 4.78 is 62.3. The summed E-state index contributed by atoms with van der Waals surface area (Å²) in [7, 11) is 0. The first-order valence-corrected chi connectivity index (χ1v) is 14.3. The van der Waals surface area contributed by atoms with Crippen LogP contribution in [0.3, 0.4) is 0 Å². The highest BCUT2D eigenvalue weighted by molar-refractivity contribution is 5.99. The number of halogens is 4. The lowest BCUT2D eigenvalue weighted by molar-refractivity contribution is -0.258. The summed E-state index contributed by atoms with van der Waals surface area (Å²) >= 11 is 0. The van der Waals surface area contributed by atoms with E-state index in [4.69, 9.17) is 10.5 Å². The van der Waals surface area contributed by atoms with Crippen molar-refractivity contribution in [1.82, 2.24) is 14.8 Å². The molecule has 3 atom stereocenters. The Morgan fingerprint density at radius 2 is 1.88 bits per heavy atom. The van der Waals surface area contributed by atoms with Crippen molar-refractivity contribution in [2.75, 3.05) is 26.2 Å². The number of amides is 2. The van der Waals surface area contributed by atoms with Crippen molar-refractivity contribution in [2.24, 2.45) is 11.1 Å². The number of aliphatic hydroxyl groups is 1. The van der Waals surface area contributed by atoms with Crippen molar-refractivity contribution >= 4 is 11.8 Å². The largest absolute Gasteiger partial charge is 0.476 e. The van der Waals surface area contributed by atoms with E-state index >= 15 is 4.39 Å². The molecule has 1 unspecified atom stereocenters. The van der Waals surface area contributed by atoms with E-state index in [1.54, 1.807) is 18.2 Å². The summed E-state index contributed by atoms with van der Waals surface area (Å²) in [5.74, 6) is -2.01. The van der Waals surface area contributed by atoms with E-state index in [1.165, 1.54) is 25.3 Å². The van der Waals surface area contributed by atoms with Gasteiger partial charge in [0.2, 0.25) is 11.8 Å². The number of benzene rings is 1. The number of primary amides is 1. The molecule has 2 aliphatic heterocycles. The monoisotopic (exact) mass is 592 g/mol. The van der Waals surface area contributed by atoms with Crippen molar-refractivity contribution in [3.05, 3.63) is 47.9 Å². The summed E-state index contributed by atoms with van der Waals surface area (Å²) in [5, 5.41) is 10.0. The summed E-state index contributed by atoms with van der Waals surface area (Å²) in [6.07, 6.45) is -0.183. The number of ether oxygens (including phenoxy) is 1. The fourth-order valence-corrected chi connectivity index (χ4v) is 6.40. The van der Waals surface area contributed by atoms with Crippen LogP contribution in [0.4, 0.5) is 17.6 Å². The highest BCUT2D eigenvalue weighted by Crippen LogP contribution is 2.53. The van der Waals surface area contributed by atoms with E-state index in [-0.39, 0.29) is 50.6 Å². The second kappa shape index (κ2) is 11.4. The third-order valence-corrected chi connectivity index (χ3v) is 9.26. The molecule has 2 amide bonds. The Bertz CT molecular complexity index is 1320. The number of alkyl halides is 3. The Morgan fingerprint density at radius 3 is 2.48 bits per heavy atom. The normalized spacial score (nSPS) is 26.1. The van der Waals surface area contributed by atoms with Gasteiger partial charge in [0.05, 0.1) is 17.1 Å². The van der Waals surface area contributed by atoms with Gasteiger partial charge in [0.25, 0.3) is 5.91 Å². The Balaban J connectivity index is 1.23. The molecule has 42 heavy (non-hydrogen) atoms. The van der Waals surface area contributed by atoms with Crippen LogP contribution in [-0.4, -0.2) is 81.8 Å². The van der Waals surface area contributed by atoms with Crippen molar-refractivity contribution < 1.29 is 37.0 Å². The molecule has 1 aromatic heterocycles. The minimum Gasteiger partial charge on any atom is -0.476 e. The maximum absolute atomic E-state index is 15.1. The fraction of sp³-hybridized carbons (Fsp3) is 0.567. The van der Waals surface area contributed by atoms with Crippen molar-refractivity contribution in [3.63, 3.8) is 0 Å². The van der Waals surface area contributed by atoms with E-state index in [2.05, 4.69) is 4.98 Å². The number of piperidine rings is 1. The summed E-state index contributed by atoms with van der Waals surface area (Å²) in [5.41, 5.74) is 3.20. The number of carbonyl (C=O) groups excluding carboxylic acids is 2. The van der Waals surface area contributed by atoms with Gasteiger partial charge in [-0.05, 0) is 62.9 Å². The van der Waals surface area contributed by atoms with Crippen molar-refractivity contribution in [3.8, 4) is 17.0 Å². The lowest BCUT2D eigenvalue weighted by Crippen LogP contribution is -2.56. The number of hydrogen-bond donors (Lipinski definition) is 2. The molecule has 0 radical (unpaired) electrons. The number of carbonyl (C=O) groups is 2. The van der Waals surface area contributed by atoms with E-state index in [0.29, 0.717) is 30.0 Å². The van der Waals surface area contributed by atoms with Gasteiger partial charge in [-0.25, -0.2) is 9.37 Å². The molecule has 3 heterocycles. The predicted molar refractivity (Wildman–Crippen MR) is 146 cm³/mol. The first-order valence-electron chi connectivity index (χ1n) is 14.3. The number of pyridine rings is 1. The molecule has 3 aliphatic rings. The Kier molecular flexibility index (Phi) is 8.23. The smallest absolute Gasteiger partial charge is 0.395 e. The van der Waals surface area contributed by atoms with Gasteiger partial charge in [-0.1, -0.05) is 18.9 Å². The molecule has 3 fully saturated rings. The third kappa shape index (κ3) is 5.70. The number of likely N-dealkylation sites (tertiary alicyclic amines) is 2. The van der Waals surface area contributed by atoms with E-state index in [1.807, 2.05) is 4.90 Å². The highest BCUT2D eigenvalue weighted by atomic mass is 19.4. The van der Waals surface area contributed by atoms with Gasteiger partial charge in [0.15, 0.2) is 0 Å². The Hall–Kier alpha value is -3.25. The average molecular weight is 593 g/mol. The van der Waals surface area contributed by atoms with Crippen LogP contribution in [0.5, 0.6) is 5.88 Å². The molecule has 1 aliphatic carbocycles. The minimum atomic E-state index is -4.21. The van der Waals surface area contributed by atoms with E-state index in [0.717, 1.165) is 24.2 Å². The maximum atomic E-state index is 15.1. The SMILES string of the molecule is C[C@@]1(C(N)=O)C[C@@H](O)CN1C(=O)c1ccc(-c2ccc(OCC3CCCCN3CC3(C(F)(F)F)CCC3)nc2)cc1F. The predicted octanol–water partition coefficient (Wildman–Crippen LogP) is 4.30. The number of nitrogens with two attached hydrogens (primary N) is 1. The van der Waals surface area contributed by atoms with Crippen LogP contribution in [-0.2, 0) is 4.79 Å². The molecule has 228 valence electrons. The molecule has 2 aromatic rings. The molecular formula is C30H36F4N4O4. The van der Waals surface area contributed by atoms with Crippen LogP contribution in [0, 0.1) is 11.2 Å². The molecular weight excluding hydrogens is 556 g/mol. The van der Waals surface area contributed by atoms with E-state index in [9.17, 15) is 27.9 Å². The minimum absolute atomic E-state index is 0.00106. The first-order chi connectivity index (χ1) is 19.8. The number of rotatable bonds is 8. The maximum Gasteiger partial charge on any atom is 0.395 e. The molecule has 8 nitrogen and oxygen atoms in total. The molecule has 1 saturated carbocycles. The van der Waals surface area contributed by atoms with Gasteiger partial charge < -0.3 is 20.5 Å². The lowest BCUT2D eigenvalue weighted by Gasteiger charge is -2.48. The zero-order chi connectivity index (χ0) is 30.3. The number of aliphatic hydroxyl groups excluding tert-OH is 1. The second-order valence-electron chi connectivity index (χ2n) is 12.1. The zero-order valence-electron chi connectivity index (χ0n) is 23.5. The molecule has 2 saturated heterocycles. The topological polar surface area (TPSA) is 109 Å². The number of hydrogen-bond acceptors (Lipinski definition) is 6. The van der Waals surface area contributed by atoms with Gasteiger partial charge in [0, 0.05) is 43.4 Å². The van der Waals surface area contributed by atoms with Gasteiger partial charge in [-0.2, -0.15) is 13.2 Å². The first kappa shape index (κ1) is 30.2. The van der Waals surface area contributed by atoms with Gasteiger partial charge >= 0.3 is 6.18 Å². The molecule has 1 aromatic carbocycles. The Labute approximate surface area is 241 Å². The van der Waals surface area contributed by atoms with Crippen LogP contribution < -0.4 is 10.5 Å². The quantitative estimate of drug-likeness (QED) is 0.443. The van der Waals surface area contributed by atoms with Crippen LogP contribution in [0.1, 0.15) is 62.2 Å². The van der Waals surface area contributed by atoms with Crippen LogP contribution in [0.25, 0.3) is 11.1 Å². The number of nitrogens with zero attached hydrogens (tertiary/aromatic N) is 3. The number of aromatic nitrogens is 1. The van der Waals surface area contributed by atoms with E-state index < -0.39 is 40.9 Å². The molecule has 12 heteroatoms. The van der Waals surface area contributed by atoms with Crippen LogP contribution in [0.15, 0.2) is 36.5 Å². The average Bonchev–Trinajstić information content (AvgIpc) is 3.24. The van der Waals surface area contributed by atoms with Gasteiger partial charge in [0.1, 0.15) is 18.0 Å². The summed E-state index contributed by atoms with van der Waals surface area (Å²) in [6, 6.07) is 7.23. The molecule has 3 N–H and O–H groups in total. The fourth-order valence-electron chi connectivity index (χ4n) is 6.40. The zero-order valence-corrected chi connectivity index (χ0v) is 23.5. The number of β-amino-alcohol motifs (C(OH)–C–C–N with tert-alkyl or cyclic N) is 1. The van der Waals surface area contributed by atoms with Gasteiger partial charge in [-0.15, -0.1) is 0 Å². The highest BCUT2D eigenvalue weighted by Gasteiger charge is 2.59. The van der Waals surface area contributed by atoms with Gasteiger partial charge in [-0.3, -0.25) is 14.5 Å². The standard InChI is InChI=1S/C30H36F4N4O4/c1-28(27(35)41)14-22(39)16-38(28)26(40)23-8-6-19(13-24(23)31)20-7-9-25(36-15-20)42-17-21-5-2-3-12-37(21)18-29(10-4-11-29)30(32,33)34/h6-9,13,15,21-22,39H,2-5,10-12,14,16-18H2,1H3,(H2,35,41)/t21?,22-,28+/m1/s1.